The quantitative estimate of drug-likeness (QED) is 0.514. The van der Waals surface area contributed by atoms with Crippen molar-refractivity contribution < 1.29 is 18.8 Å². The fourth-order valence-electron chi connectivity index (χ4n) is 5.83. The maximum absolute atomic E-state index is 14.3. The summed E-state index contributed by atoms with van der Waals surface area (Å²) in [6, 6.07) is 4.17. The van der Waals surface area contributed by atoms with Crippen LogP contribution in [-0.4, -0.2) is 61.2 Å². The maximum atomic E-state index is 14.3. The summed E-state index contributed by atoms with van der Waals surface area (Å²) in [4.78, 5) is 18.0. The monoisotopic (exact) mass is 509 g/mol. The van der Waals surface area contributed by atoms with Crippen LogP contribution in [0, 0.1) is 19.3 Å². The van der Waals surface area contributed by atoms with E-state index in [-0.39, 0.29) is 18.3 Å². The molecule has 0 atom stereocenters. The molecule has 1 N–H and O–H groups in total. The summed E-state index contributed by atoms with van der Waals surface area (Å²) in [6.07, 6.45) is 3.94. The van der Waals surface area contributed by atoms with Crippen molar-refractivity contribution in [1.82, 2.24) is 24.8 Å². The standard InChI is InChI=1S/C28H36FN5O3/c1-17-14-19(15-18(2)20(17)7-11-34-12-9-28(29,10-13-34)26(35)36)24-30-25(37-32-24)23-21-6-8-27(3,4)16-22(21)33(5)31-23/h14-15H,6-13,16H2,1-5H3,(H,35,36). The van der Waals surface area contributed by atoms with Crippen LogP contribution in [0.2, 0.25) is 0 Å². The third-order valence-electron chi connectivity index (χ3n) is 8.27. The van der Waals surface area contributed by atoms with Gasteiger partial charge >= 0.3 is 5.97 Å². The number of aliphatic carboxylic acids is 1. The van der Waals surface area contributed by atoms with Crippen LogP contribution in [0.1, 0.15) is 61.1 Å². The van der Waals surface area contributed by atoms with Crippen molar-refractivity contribution in [2.75, 3.05) is 19.6 Å². The minimum absolute atomic E-state index is 0.0383. The van der Waals surface area contributed by atoms with E-state index in [2.05, 4.69) is 49.9 Å². The van der Waals surface area contributed by atoms with Crippen molar-refractivity contribution in [2.45, 2.75) is 71.9 Å². The van der Waals surface area contributed by atoms with Gasteiger partial charge in [0.25, 0.3) is 5.89 Å². The van der Waals surface area contributed by atoms with E-state index >= 15 is 0 Å². The molecule has 0 spiro atoms. The number of hydrogen-bond acceptors (Lipinski definition) is 6. The van der Waals surface area contributed by atoms with E-state index < -0.39 is 11.6 Å². The molecule has 198 valence electrons. The highest BCUT2D eigenvalue weighted by molar-refractivity contribution is 5.77. The number of aryl methyl sites for hydroxylation is 3. The number of carboxylic acid groups (broad SMARTS) is 1. The number of hydrogen-bond donors (Lipinski definition) is 1. The number of alkyl halides is 1. The summed E-state index contributed by atoms with van der Waals surface area (Å²) >= 11 is 0. The Balaban J connectivity index is 1.30. The first-order chi connectivity index (χ1) is 17.5. The molecular formula is C28H36FN5O3. The van der Waals surface area contributed by atoms with E-state index in [9.17, 15) is 9.18 Å². The van der Waals surface area contributed by atoms with Crippen molar-refractivity contribution in [3.63, 3.8) is 0 Å². The Morgan fingerprint density at radius 1 is 1.16 bits per heavy atom. The predicted molar refractivity (Wildman–Crippen MR) is 138 cm³/mol. The molecule has 3 heterocycles. The third-order valence-corrected chi connectivity index (χ3v) is 8.27. The Hall–Kier alpha value is -3.07. The topological polar surface area (TPSA) is 97.3 Å². The molecule has 37 heavy (non-hydrogen) atoms. The molecule has 1 aliphatic carbocycles. The Morgan fingerprint density at radius 2 is 1.84 bits per heavy atom. The minimum Gasteiger partial charge on any atom is -0.479 e. The molecule has 0 saturated carbocycles. The highest BCUT2D eigenvalue weighted by Crippen LogP contribution is 2.38. The Morgan fingerprint density at radius 3 is 2.49 bits per heavy atom. The van der Waals surface area contributed by atoms with E-state index in [1.54, 1.807) is 0 Å². The van der Waals surface area contributed by atoms with Crippen LogP contribution in [0.15, 0.2) is 16.7 Å². The fraction of sp³-hybridized carbons (Fsp3) is 0.571. The zero-order valence-corrected chi connectivity index (χ0v) is 22.4. The fourth-order valence-corrected chi connectivity index (χ4v) is 5.83. The number of benzene rings is 1. The number of aromatic nitrogens is 4. The summed E-state index contributed by atoms with van der Waals surface area (Å²) in [5, 5.41) is 18.1. The average Bonchev–Trinajstić information content (AvgIpc) is 3.44. The number of piperidine rings is 1. The molecule has 0 unspecified atom stereocenters. The second-order valence-electron chi connectivity index (χ2n) is 11.6. The lowest BCUT2D eigenvalue weighted by molar-refractivity contribution is -0.154. The number of carbonyl (C=O) groups is 1. The molecule has 0 radical (unpaired) electrons. The summed E-state index contributed by atoms with van der Waals surface area (Å²) in [5.74, 6) is -0.334. The van der Waals surface area contributed by atoms with Gasteiger partial charge in [0.05, 0.1) is 0 Å². The van der Waals surface area contributed by atoms with Gasteiger partial charge in [0.15, 0.2) is 5.69 Å². The molecule has 5 rings (SSSR count). The number of likely N-dealkylation sites (tertiary alicyclic amines) is 1. The molecule has 1 aromatic carbocycles. The van der Waals surface area contributed by atoms with Crippen LogP contribution in [0.3, 0.4) is 0 Å². The van der Waals surface area contributed by atoms with Gasteiger partial charge in [-0.2, -0.15) is 10.1 Å². The van der Waals surface area contributed by atoms with Crippen LogP contribution >= 0.6 is 0 Å². The van der Waals surface area contributed by atoms with Crippen molar-refractivity contribution in [3.8, 4) is 23.0 Å². The van der Waals surface area contributed by atoms with Crippen LogP contribution < -0.4 is 0 Å². The number of carboxylic acids is 1. The van der Waals surface area contributed by atoms with Gasteiger partial charge in [-0.25, -0.2) is 9.18 Å². The lowest BCUT2D eigenvalue weighted by atomic mass is 9.76. The van der Waals surface area contributed by atoms with Gasteiger partial charge in [0, 0.05) is 56.3 Å². The van der Waals surface area contributed by atoms with Gasteiger partial charge in [0.1, 0.15) is 0 Å². The summed E-state index contributed by atoms with van der Waals surface area (Å²) < 4.78 is 22.0. The second-order valence-corrected chi connectivity index (χ2v) is 11.6. The lowest BCUT2D eigenvalue weighted by Gasteiger charge is -2.33. The first kappa shape index (κ1) is 25.6. The lowest BCUT2D eigenvalue weighted by Crippen LogP contribution is -2.46. The second kappa shape index (κ2) is 9.35. The van der Waals surface area contributed by atoms with E-state index in [4.69, 9.17) is 19.7 Å². The maximum Gasteiger partial charge on any atom is 0.341 e. The number of halogens is 1. The molecule has 1 aliphatic heterocycles. The van der Waals surface area contributed by atoms with E-state index in [1.165, 1.54) is 16.8 Å². The molecule has 0 bridgehead atoms. The van der Waals surface area contributed by atoms with Crippen LogP contribution in [0.25, 0.3) is 23.0 Å². The zero-order chi connectivity index (χ0) is 26.5. The molecule has 3 aromatic rings. The predicted octanol–water partition coefficient (Wildman–Crippen LogP) is 4.70. The smallest absolute Gasteiger partial charge is 0.341 e. The Kier molecular flexibility index (Phi) is 6.46. The molecule has 1 saturated heterocycles. The van der Waals surface area contributed by atoms with Crippen LogP contribution in [0.4, 0.5) is 4.39 Å². The normalized spacial score (nSPS) is 19.1. The van der Waals surface area contributed by atoms with E-state index in [0.29, 0.717) is 24.8 Å². The summed E-state index contributed by atoms with van der Waals surface area (Å²) in [6.45, 7) is 10.4. The largest absolute Gasteiger partial charge is 0.479 e. The van der Waals surface area contributed by atoms with Crippen LogP contribution in [0.5, 0.6) is 0 Å². The van der Waals surface area contributed by atoms with Gasteiger partial charge in [-0.15, -0.1) is 0 Å². The minimum atomic E-state index is -2.08. The molecule has 0 amide bonds. The zero-order valence-electron chi connectivity index (χ0n) is 22.4. The molecule has 9 heteroatoms. The van der Waals surface area contributed by atoms with E-state index in [1.807, 2.05) is 11.7 Å². The average molecular weight is 510 g/mol. The first-order valence-corrected chi connectivity index (χ1v) is 13.1. The van der Waals surface area contributed by atoms with E-state index in [0.717, 1.165) is 54.6 Å². The van der Waals surface area contributed by atoms with Gasteiger partial charge in [-0.1, -0.05) is 19.0 Å². The van der Waals surface area contributed by atoms with Gasteiger partial charge in [-0.05, 0) is 73.8 Å². The molecular weight excluding hydrogens is 473 g/mol. The third kappa shape index (κ3) is 4.93. The molecule has 2 aliphatic rings. The molecule has 1 fully saturated rings. The molecule has 8 nitrogen and oxygen atoms in total. The number of fused-ring (bicyclic) bond motifs is 1. The highest BCUT2D eigenvalue weighted by atomic mass is 19.1. The number of nitrogens with zero attached hydrogens (tertiary/aromatic N) is 5. The Bertz CT molecular complexity index is 1310. The number of rotatable bonds is 6. The molecule has 2 aromatic heterocycles. The van der Waals surface area contributed by atoms with Crippen molar-refractivity contribution >= 4 is 5.97 Å². The van der Waals surface area contributed by atoms with Gasteiger partial charge in [0.2, 0.25) is 11.5 Å². The first-order valence-electron chi connectivity index (χ1n) is 13.1. The van der Waals surface area contributed by atoms with Crippen molar-refractivity contribution in [2.24, 2.45) is 12.5 Å². The van der Waals surface area contributed by atoms with Crippen molar-refractivity contribution in [1.29, 1.82) is 0 Å². The summed E-state index contributed by atoms with van der Waals surface area (Å²) in [5.41, 5.74) is 5.85. The summed E-state index contributed by atoms with van der Waals surface area (Å²) in [7, 11) is 1.98. The van der Waals surface area contributed by atoms with Gasteiger partial charge < -0.3 is 14.5 Å². The van der Waals surface area contributed by atoms with Crippen molar-refractivity contribution in [3.05, 3.63) is 40.1 Å². The Labute approximate surface area is 216 Å². The van der Waals surface area contributed by atoms with Crippen LogP contribution in [-0.2, 0) is 31.1 Å². The highest BCUT2D eigenvalue weighted by Gasteiger charge is 2.41. The van der Waals surface area contributed by atoms with Gasteiger partial charge in [-0.3, -0.25) is 4.68 Å². The SMILES string of the molecule is Cc1cc(-c2noc(-c3nn(C)c4c3CCC(C)(C)C4)n2)cc(C)c1CCN1CCC(F)(C(=O)O)CC1.